The Morgan fingerprint density at radius 3 is 1.26 bits per heavy atom. The number of hydrogen-bond acceptors (Lipinski definition) is 15. The van der Waals surface area contributed by atoms with Gasteiger partial charge >= 0.3 is 0 Å². The van der Waals surface area contributed by atoms with Crippen molar-refractivity contribution < 1.29 is 53.1 Å². The third-order valence-corrected chi connectivity index (χ3v) is 13.8. The van der Waals surface area contributed by atoms with Crippen LogP contribution in [0.3, 0.4) is 0 Å². The second kappa shape index (κ2) is 39.9. The number of carbonyl (C=O) groups is 10. The van der Waals surface area contributed by atoms with E-state index in [1.54, 1.807) is 26.8 Å². The average Bonchev–Trinajstić information content (AvgIpc) is 3.46. The van der Waals surface area contributed by atoms with Crippen LogP contribution < -0.4 is 82.3 Å². The molecule has 0 unspecified atom stereocenters. The Morgan fingerprint density at radius 1 is 0.452 bits per heavy atom. The van der Waals surface area contributed by atoms with Gasteiger partial charge in [0.2, 0.25) is 59.1 Å². The van der Waals surface area contributed by atoms with Gasteiger partial charge in [0, 0.05) is 13.0 Å². The summed E-state index contributed by atoms with van der Waals surface area (Å²) in [6.45, 7) is 8.64. The molecule has 0 aliphatic heterocycles. The van der Waals surface area contributed by atoms with Crippen LogP contribution in [0.1, 0.15) is 143 Å². The number of nitrogens with two attached hydrogens (primary N) is 6. The van der Waals surface area contributed by atoms with Gasteiger partial charge in [0.1, 0.15) is 54.4 Å². The van der Waals surface area contributed by atoms with E-state index >= 15 is 0 Å². The van der Waals surface area contributed by atoms with Crippen molar-refractivity contribution in [2.24, 2.45) is 39.4 Å². The zero-order chi connectivity index (χ0) is 62.7. The number of guanidine groups is 1. The first-order chi connectivity index (χ1) is 40.1. The van der Waals surface area contributed by atoms with Crippen molar-refractivity contribution in [1.82, 2.24) is 47.9 Å². The van der Waals surface area contributed by atoms with Gasteiger partial charge in [-0.1, -0.05) is 95.8 Å². The van der Waals surface area contributed by atoms with Crippen LogP contribution in [0.2, 0.25) is 0 Å². The van der Waals surface area contributed by atoms with Crippen LogP contribution in [0.25, 0.3) is 10.8 Å². The molecule has 0 aliphatic rings. The normalized spacial score (nSPS) is 14.7. The SMILES string of the molecule is CCC[C@H](NC(=O)[C@H](CCC)NC(=O)[C@@H](NC(=O)[C@H](CCCCN)NC(=O)[C@H](Cc1ccc2ccccc2c1)NC(=O)[C@H](CCCN=C(N)N)NC(=O)[C@H](CCCCN)NC(=O)[C@H](CCC)NC(=O)[C@H](CCC)NC(=O)CN)[C@@H](C)O)C(N)=O. The van der Waals surface area contributed by atoms with Gasteiger partial charge in [0.15, 0.2) is 5.96 Å². The zero-order valence-electron chi connectivity index (χ0n) is 49.6. The molecular formula is C57H96N16O11. The van der Waals surface area contributed by atoms with Crippen LogP contribution in [-0.4, -0.2) is 157 Å². The van der Waals surface area contributed by atoms with Gasteiger partial charge in [-0.25, -0.2) is 0 Å². The van der Waals surface area contributed by atoms with E-state index in [1.807, 2.05) is 43.3 Å². The first-order valence-electron chi connectivity index (χ1n) is 29.4. The highest BCUT2D eigenvalue weighted by Gasteiger charge is 2.36. The quantitative estimate of drug-likeness (QED) is 0.0196. The molecule has 2 aromatic carbocycles. The van der Waals surface area contributed by atoms with Crippen molar-refractivity contribution in [2.75, 3.05) is 26.2 Å². The molecule has 10 atom stereocenters. The van der Waals surface area contributed by atoms with E-state index in [9.17, 15) is 53.1 Å². The van der Waals surface area contributed by atoms with Crippen LogP contribution in [0.4, 0.5) is 0 Å². The molecule has 27 nitrogen and oxygen atoms in total. The second-order valence-corrected chi connectivity index (χ2v) is 20.9. The summed E-state index contributed by atoms with van der Waals surface area (Å²) in [6.07, 6.45) is 2.77. The Kier molecular flexibility index (Phi) is 34.5. The molecule has 0 aliphatic carbocycles. The Hall–Kier alpha value is -7.49. The number of hydrogen-bond donors (Lipinski definition) is 16. The minimum absolute atomic E-state index is 0.0138. The molecule has 84 heavy (non-hydrogen) atoms. The number of aliphatic hydroxyl groups is 1. The number of aliphatic imine (C=N–C) groups is 1. The summed E-state index contributed by atoms with van der Waals surface area (Å²) >= 11 is 0. The van der Waals surface area contributed by atoms with E-state index in [2.05, 4.69) is 52.8 Å². The summed E-state index contributed by atoms with van der Waals surface area (Å²) in [5.74, 6) is -7.82. The van der Waals surface area contributed by atoms with Crippen LogP contribution in [0, 0.1) is 0 Å². The third kappa shape index (κ3) is 26.4. The van der Waals surface area contributed by atoms with Gasteiger partial charge in [-0.2, -0.15) is 0 Å². The fraction of sp³-hybridized carbons (Fsp3) is 0.632. The molecule has 0 bridgehead atoms. The molecular weight excluding hydrogens is 1080 g/mol. The molecule has 2 rings (SSSR count). The molecule has 0 aromatic heterocycles. The highest BCUT2D eigenvalue weighted by atomic mass is 16.3. The van der Waals surface area contributed by atoms with E-state index in [4.69, 9.17) is 34.4 Å². The molecule has 0 saturated carbocycles. The molecule has 0 radical (unpaired) electrons. The number of unbranched alkanes of at least 4 members (excludes halogenated alkanes) is 2. The largest absolute Gasteiger partial charge is 0.391 e. The maximum absolute atomic E-state index is 14.8. The van der Waals surface area contributed by atoms with Crippen molar-refractivity contribution >= 4 is 75.8 Å². The monoisotopic (exact) mass is 1180 g/mol. The number of nitrogens with one attached hydrogen (secondary N) is 9. The van der Waals surface area contributed by atoms with E-state index in [0.29, 0.717) is 56.9 Å². The van der Waals surface area contributed by atoms with Crippen molar-refractivity contribution in [3.63, 3.8) is 0 Å². The number of rotatable bonds is 42. The lowest BCUT2D eigenvalue weighted by Crippen LogP contribution is -2.62. The number of fused-ring (bicyclic) bond motifs is 1. The Balaban J connectivity index is 2.63. The predicted octanol–water partition coefficient (Wildman–Crippen LogP) is -1.92. The van der Waals surface area contributed by atoms with Crippen molar-refractivity contribution in [3.05, 3.63) is 48.0 Å². The molecule has 10 amide bonds. The first kappa shape index (κ1) is 72.6. The number of carbonyl (C=O) groups excluding carboxylic acids is 10. The maximum Gasteiger partial charge on any atom is 0.245 e. The fourth-order valence-electron chi connectivity index (χ4n) is 9.16. The number of primary amides is 1. The first-order valence-corrected chi connectivity index (χ1v) is 29.4. The van der Waals surface area contributed by atoms with Gasteiger partial charge in [0.25, 0.3) is 0 Å². The Labute approximate surface area is 493 Å². The van der Waals surface area contributed by atoms with Gasteiger partial charge < -0.3 is 87.4 Å². The summed E-state index contributed by atoms with van der Waals surface area (Å²) < 4.78 is 0. The van der Waals surface area contributed by atoms with Crippen molar-refractivity contribution in [2.45, 2.75) is 204 Å². The highest BCUT2D eigenvalue weighted by molar-refractivity contribution is 5.99. The van der Waals surface area contributed by atoms with Crippen molar-refractivity contribution in [1.29, 1.82) is 0 Å². The third-order valence-electron chi connectivity index (χ3n) is 13.8. The average molecular weight is 1180 g/mol. The lowest BCUT2D eigenvalue weighted by molar-refractivity contribution is -0.137. The van der Waals surface area contributed by atoms with E-state index in [0.717, 1.165) is 10.8 Å². The minimum atomic E-state index is -1.65. The van der Waals surface area contributed by atoms with Gasteiger partial charge in [-0.05, 0) is 113 Å². The smallest absolute Gasteiger partial charge is 0.245 e. The summed E-state index contributed by atoms with van der Waals surface area (Å²) in [7, 11) is 0. The molecule has 0 spiro atoms. The highest BCUT2D eigenvalue weighted by Crippen LogP contribution is 2.18. The number of nitrogens with zero attached hydrogens (tertiary/aromatic N) is 1. The lowest BCUT2D eigenvalue weighted by atomic mass is 9.99. The van der Waals surface area contributed by atoms with Gasteiger partial charge in [0.05, 0.1) is 12.6 Å². The van der Waals surface area contributed by atoms with E-state index < -0.39 is 120 Å². The fourth-order valence-corrected chi connectivity index (χ4v) is 9.16. The summed E-state index contributed by atoms with van der Waals surface area (Å²) in [5.41, 5.74) is 34.4. The zero-order valence-corrected chi connectivity index (χ0v) is 49.6. The number of aliphatic hydroxyl groups excluding tert-OH is 1. The lowest BCUT2D eigenvalue weighted by Gasteiger charge is -2.29. The molecule has 0 heterocycles. The summed E-state index contributed by atoms with van der Waals surface area (Å²) in [6, 6.07) is 1.52. The number of amides is 10. The molecule has 0 saturated heterocycles. The minimum Gasteiger partial charge on any atom is -0.391 e. The maximum atomic E-state index is 14.8. The van der Waals surface area contributed by atoms with E-state index in [1.165, 1.54) is 6.92 Å². The van der Waals surface area contributed by atoms with Crippen LogP contribution in [-0.2, 0) is 54.4 Å². The molecule has 470 valence electrons. The van der Waals surface area contributed by atoms with E-state index in [-0.39, 0.29) is 89.9 Å². The Bertz CT molecular complexity index is 2480. The molecule has 27 heteroatoms. The van der Waals surface area contributed by atoms with Crippen LogP contribution >= 0.6 is 0 Å². The van der Waals surface area contributed by atoms with Gasteiger partial charge in [-0.15, -0.1) is 0 Å². The molecule has 0 fully saturated rings. The molecule has 22 N–H and O–H groups in total. The second-order valence-electron chi connectivity index (χ2n) is 20.9. The summed E-state index contributed by atoms with van der Waals surface area (Å²) in [4.78, 5) is 142. The Morgan fingerprint density at radius 2 is 0.833 bits per heavy atom. The number of benzene rings is 2. The topological polar surface area (TPSA) is 468 Å². The van der Waals surface area contributed by atoms with Crippen molar-refractivity contribution in [3.8, 4) is 0 Å². The van der Waals surface area contributed by atoms with Gasteiger partial charge in [-0.3, -0.25) is 52.9 Å². The standard InChI is InChI=1S/C57H96N16O11/c1-6-17-38(48(61)76)66-50(78)41(20-9-4)71-56(84)47(34(5)74)73-54(82)43(24-13-15-29-59)70-55(83)45(32-35-26-27-36-21-10-11-22-37(36)31-35)72-53(81)44(25-16-30-64-57(62)63)69-52(80)42(23-12-14-28-58)68-51(79)40(19-8-3)67-49(77)39(18-7-2)65-46(75)33-60/h10-11,21-22,26-27,31,34,38-45,47,74H,6-9,12-20,23-25,28-30,32-33,58-60H2,1-5H3,(H2,61,76)(H,65,75)(H,66,78)(H,67,77)(H,68,79)(H,69,80)(H,70,83)(H,71,84)(H,72,81)(H,73,82)(H4,62,63,64)/t34-,38+,39+,40+,41+,42+,43+,44+,45+,47+/m1/s1. The van der Waals surface area contributed by atoms with Crippen LogP contribution in [0.5, 0.6) is 0 Å². The predicted molar refractivity (Wildman–Crippen MR) is 320 cm³/mol. The summed E-state index contributed by atoms with van der Waals surface area (Å²) in [5, 5.41) is 36.6. The molecule has 2 aromatic rings. The van der Waals surface area contributed by atoms with Crippen LogP contribution in [0.15, 0.2) is 47.5 Å².